The minimum atomic E-state index is -5.69. The lowest BCUT2D eigenvalue weighted by Crippen LogP contribution is -2.30. The van der Waals surface area contributed by atoms with Gasteiger partial charge in [0.15, 0.2) is 0 Å². The number of alkyl halides is 3. The van der Waals surface area contributed by atoms with Crippen LogP contribution in [-0.2, 0) is 36.4 Å². The number of amides is 1. The van der Waals surface area contributed by atoms with Crippen molar-refractivity contribution in [3.63, 3.8) is 0 Å². The van der Waals surface area contributed by atoms with E-state index in [1.165, 1.54) is 24.3 Å². The third-order valence-electron chi connectivity index (χ3n) is 5.27. The molecule has 2 aromatic carbocycles. The summed E-state index contributed by atoms with van der Waals surface area (Å²) in [5.41, 5.74) is 1.46. The summed E-state index contributed by atoms with van der Waals surface area (Å²) in [6, 6.07) is 12.4. The molecule has 226 valence electrons. The van der Waals surface area contributed by atoms with Crippen LogP contribution in [0.2, 0.25) is 0 Å². The van der Waals surface area contributed by atoms with Crippen LogP contribution in [0, 0.1) is 0 Å². The average Bonchev–Trinajstić information content (AvgIpc) is 3.20. The number of carbonyl (C=O) groups excluding carboxylic acids is 1. The summed E-state index contributed by atoms with van der Waals surface area (Å²) in [5, 5.41) is 12.1. The number of halogens is 3. The van der Waals surface area contributed by atoms with Gasteiger partial charge < -0.3 is 34.7 Å². The van der Waals surface area contributed by atoms with Crippen LogP contribution >= 0.6 is 23.5 Å². The van der Waals surface area contributed by atoms with E-state index in [2.05, 4.69) is 13.1 Å². The second-order valence-corrected chi connectivity index (χ2v) is 12.8. The third-order valence-corrected chi connectivity index (χ3v) is 9.07. The molecule has 0 saturated carbocycles. The Kier molecular flexibility index (Phi) is 10.5. The number of ether oxygens (including phenoxy) is 1. The lowest BCUT2D eigenvalue weighted by molar-refractivity contribution is -0.167. The van der Waals surface area contributed by atoms with Crippen molar-refractivity contribution in [3.05, 3.63) is 65.2 Å². The predicted octanol–water partition coefficient (Wildman–Crippen LogP) is 3.89. The normalized spacial score (nSPS) is 22.8. The molecule has 14 nitrogen and oxygen atoms in total. The second-order valence-electron chi connectivity index (χ2n) is 8.39. The molecule has 6 N–H and O–H groups in total. The zero-order chi connectivity index (χ0) is 30.6. The van der Waals surface area contributed by atoms with Gasteiger partial charge in [-0.15, -0.1) is 0 Å². The number of hydrogen-bond acceptors (Lipinski definition) is 9. The molecule has 2 unspecified atom stereocenters. The number of rotatable bonds is 11. The molecule has 1 fully saturated rings. The Morgan fingerprint density at radius 2 is 1.61 bits per heavy atom. The van der Waals surface area contributed by atoms with Crippen LogP contribution in [0.4, 0.5) is 18.9 Å². The van der Waals surface area contributed by atoms with Crippen molar-refractivity contribution in [2.45, 2.75) is 30.9 Å². The SMILES string of the molecule is O=C(Nc1ccccc1C=Cc1ccc([C@H]2C[C@H](O)[C@@H](COP(=O)(O)OP(=O)(O)OP(=O)(O)O)O2)cc1)C(F)(F)F. The van der Waals surface area contributed by atoms with Crippen LogP contribution in [0.15, 0.2) is 48.5 Å². The molecule has 2 aromatic rings. The van der Waals surface area contributed by atoms with Crippen molar-refractivity contribution in [1.82, 2.24) is 0 Å². The van der Waals surface area contributed by atoms with Crippen molar-refractivity contribution in [2.75, 3.05) is 11.9 Å². The third kappa shape index (κ3) is 10.5. The highest BCUT2D eigenvalue weighted by molar-refractivity contribution is 7.66. The Hall–Kier alpha value is -2.23. The minimum absolute atomic E-state index is 0.0197. The summed E-state index contributed by atoms with van der Waals surface area (Å²) in [5.74, 6) is -2.11. The first-order chi connectivity index (χ1) is 18.8. The fourth-order valence-corrected chi connectivity index (χ4v) is 6.55. The first-order valence-electron chi connectivity index (χ1n) is 11.2. The van der Waals surface area contributed by atoms with E-state index in [9.17, 15) is 46.6 Å². The zero-order valence-corrected chi connectivity index (χ0v) is 23.1. The molecule has 1 saturated heterocycles. The predicted molar refractivity (Wildman–Crippen MR) is 135 cm³/mol. The Labute approximate surface area is 229 Å². The van der Waals surface area contributed by atoms with Crippen molar-refractivity contribution < 1.29 is 74.2 Å². The maximum atomic E-state index is 12.6. The van der Waals surface area contributed by atoms with Crippen LogP contribution in [-0.4, -0.2) is 55.6 Å². The maximum absolute atomic E-state index is 12.6. The number of carbonyl (C=O) groups is 1. The van der Waals surface area contributed by atoms with E-state index in [1.54, 1.807) is 36.4 Å². The summed E-state index contributed by atoms with van der Waals surface area (Å²) in [6.45, 7) is -0.813. The molecular weight excluding hydrogens is 624 g/mol. The average molecular weight is 647 g/mol. The standard InChI is InChI=1S/C21H23F3NO13P3/c22-21(23,24)20(27)25-16-4-2-1-3-14(16)8-5-13-6-9-15(10-7-13)18-11-17(26)19(36-18)12-35-40(31,32)38-41(33,34)37-39(28,29)30/h1-10,17-19,26H,11-12H2,(H,25,27)(H,31,32)(H,33,34)(H2,28,29,30)/t17-,18+,19+/m0/s1. The van der Waals surface area contributed by atoms with E-state index in [0.717, 1.165) is 0 Å². The van der Waals surface area contributed by atoms with Crippen LogP contribution in [0.3, 0.4) is 0 Å². The Morgan fingerprint density at radius 3 is 2.22 bits per heavy atom. The first-order valence-corrected chi connectivity index (χ1v) is 15.7. The summed E-state index contributed by atoms with van der Waals surface area (Å²) in [6.07, 6.45) is -5.08. The van der Waals surface area contributed by atoms with Crippen LogP contribution in [0.25, 0.3) is 12.2 Å². The summed E-state index contributed by atoms with van der Waals surface area (Å²) in [4.78, 5) is 47.1. The number of aliphatic hydroxyl groups is 1. The Bertz CT molecular complexity index is 1410. The van der Waals surface area contributed by atoms with E-state index in [1.807, 2.05) is 5.32 Å². The van der Waals surface area contributed by atoms with Crippen molar-refractivity contribution in [2.24, 2.45) is 0 Å². The topological polar surface area (TPSA) is 218 Å². The molecule has 1 aliphatic heterocycles. The van der Waals surface area contributed by atoms with Gasteiger partial charge in [-0.1, -0.05) is 54.6 Å². The number of phosphoric ester groups is 1. The van der Waals surface area contributed by atoms with Gasteiger partial charge in [0.2, 0.25) is 0 Å². The highest BCUT2D eigenvalue weighted by Crippen LogP contribution is 2.66. The number of hydrogen-bond donors (Lipinski definition) is 6. The molecule has 0 radical (unpaired) electrons. The van der Waals surface area contributed by atoms with Crippen molar-refractivity contribution in [1.29, 1.82) is 0 Å². The largest absolute Gasteiger partial charge is 0.490 e. The summed E-state index contributed by atoms with van der Waals surface area (Å²) < 4.78 is 89.1. The maximum Gasteiger partial charge on any atom is 0.490 e. The molecule has 3 rings (SSSR count). The molecule has 5 atom stereocenters. The lowest BCUT2D eigenvalue weighted by Gasteiger charge is -2.19. The highest BCUT2D eigenvalue weighted by Gasteiger charge is 2.43. The summed E-state index contributed by atoms with van der Waals surface area (Å²) >= 11 is 0. The van der Waals surface area contributed by atoms with Crippen LogP contribution in [0.1, 0.15) is 29.2 Å². The first kappa shape index (κ1) is 33.3. The lowest BCUT2D eigenvalue weighted by atomic mass is 10.0. The van der Waals surface area contributed by atoms with Gasteiger partial charge in [-0.3, -0.25) is 9.32 Å². The molecule has 0 aliphatic carbocycles. The second kappa shape index (κ2) is 13.0. The fourth-order valence-electron chi connectivity index (χ4n) is 3.52. The van der Waals surface area contributed by atoms with Crippen molar-refractivity contribution in [3.8, 4) is 0 Å². The minimum Gasteiger partial charge on any atom is -0.390 e. The molecule has 0 aromatic heterocycles. The van der Waals surface area contributed by atoms with Gasteiger partial charge >= 0.3 is 35.6 Å². The van der Waals surface area contributed by atoms with Gasteiger partial charge in [-0.05, 0) is 22.8 Å². The number of nitrogens with one attached hydrogen (secondary N) is 1. The smallest absolute Gasteiger partial charge is 0.390 e. The summed E-state index contributed by atoms with van der Waals surface area (Å²) in [7, 11) is -16.6. The van der Waals surface area contributed by atoms with E-state index in [4.69, 9.17) is 14.5 Å². The van der Waals surface area contributed by atoms with E-state index in [0.29, 0.717) is 16.7 Å². The van der Waals surface area contributed by atoms with Gasteiger partial charge in [-0.25, -0.2) is 13.7 Å². The number of anilines is 1. The van der Waals surface area contributed by atoms with Gasteiger partial charge in [0, 0.05) is 12.1 Å². The fraction of sp³-hybridized carbons (Fsp3) is 0.286. The van der Waals surface area contributed by atoms with Gasteiger partial charge in [0.05, 0.1) is 18.8 Å². The molecule has 1 aliphatic rings. The van der Waals surface area contributed by atoms with Gasteiger partial charge in [0.1, 0.15) is 6.10 Å². The molecule has 20 heteroatoms. The van der Waals surface area contributed by atoms with Crippen LogP contribution < -0.4 is 5.32 Å². The molecule has 0 spiro atoms. The van der Waals surface area contributed by atoms with Gasteiger partial charge in [0.25, 0.3) is 0 Å². The number of benzene rings is 2. The number of para-hydroxylation sites is 1. The van der Waals surface area contributed by atoms with E-state index >= 15 is 0 Å². The van der Waals surface area contributed by atoms with Crippen molar-refractivity contribution >= 4 is 47.2 Å². The Morgan fingerprint density at radius 1 is 0.976 bits per heavy atom. The quantitative estimate of drug-likeness (QED) is 0.151. The van der Waals surface area contributed by atoms with Gasteiger partial charge in [-0.2, -0.15) is 21.8 Å². The van der Waals surface area contributed by atoms with Crippen LogP contribution in [0.5, 0.6) is 0 Å². The molecule has 1 heterocycles. The molecule has 0 bridgehead atoms. The molecule has 1 amide bonds. The van der Waals surface area contributed by atoms with E-state index < -0.39 is 60.5 Å². The molecule has 41 heavy (non-hydrogen) atoms. The number of aliphatic hydroxyl groups excluding tert-OH is 1. The van der Waals surface area contributed by atoms with E-state index in [-0.39, 0.29) is 12.1 Å². The monoisotopic (exact) mass is 647 g/mol. The number of phosphoric acid groups is 3. The Balaban J connectivity index is 1.59. The molecular formula is C21H23F3NO13P3. The zero-order valence-electron chi connectivity index (χ0n) is 20.4. The highest BCUT2D eigenvalue weighted by atomic mass is 31.3.